The van der Waals surface area contributed by atoms with Crippen molar-refractivity contribution >= 4 is 79.7 Å². The molecule has 0 aliphatic carbocycles. The van der Waals surface area contributed by atoms with Crippen LogP contribution in [0.2, 0.25) is 0 Å². The molecule has 0 radical (unpaired) electrons. The fourth-order valence-electron chi connectivity index (χ4n) is 3.90. The van der Waals surface area contributed by atoms with Gasteiger partial charge in [0, 0.05) is 40.3 Å². The van der Waals surface area contributed by atoms with Crippen LogP contribution in [0, 0.1) is 0 Å². The summed E-state index contributed by atoms with van der Waals surface area (Å²) < 4.78 is 27.9. The number of benzene rings is 2. The molecule has 0 saturated carbocycles. The van der Waals surface area contributed by atoms with Gasteiger partial charge in [-0.05, 0) is 28.5 Å². The Hall–Kier alpha value is -5.23. The maximum atomic E-state index is 11.4. The lowest BCUT2D eigenvalue weighted by Gasteiger charge is -2.13. The number of carbonyl (C=O) groups is 5. The second-order valence-electron chi connectivity index (χ2n) is 9.91. The third-order valence-electron chi connectivity index (χ3n) is 6.27. The Morgan fingerprint density at radius 2 is 1.22 bits per heavy atom. The predicted octanol–water partition coefficient (Wildman–Crippen LogP) is -1.53. The van der Waals surface area contributed by atoms with Crippen LogP contribution in [0.5, 0.6) is 0 Å². The summed E-state index contributed by atoms with van der Waals surface area (Å²) >= 11 is 0. The van der Waals surface area contributed by atoms with Crippen molar-refractivity contribution in [2.24, 2.45) is 5.73 Å². The highest BCUT2D eigenvalue weighted by molar-refractivity contribution is 6.62. The number of amides is 1. The van der Waals surface area contributed by atoms with Gasteiger partial charge in [0.25, 0.3) is 5.91 Å². The van der Waals surface area contributed by atoms with Gasteiger partial charge in [0.15, 0.2) is 6.61 Å². The molecule has 2 aromatic carbocycles. The summed E-state index contributed by atoms with van der Waals surface area (Å²) in [4.78, 5) is 83.6. The average Bonchev–Trinajstić information content (AvgIpc) is 3.85. The molecule has 3 aliphatic heterocycles. The molecular formula is C32H43B2ClN2O17. The Morgan fingerprint density at radius 1 is 0.815 bits per heavy atom. The van der Waals surface area contributed by atoms with Gasteiger partial charge in [-0.2, -0.15) is 19.2 Å². The Balaban J connectivity index is -0.000000636. The van der Waals surface area contributed by atoms with Gasteiger partial charge in [-0.3, -0.25) is 24.0 Å². The standard InChI is InChI=1S/C12H14BNO5.C8H10BNO2.C4H6O2.2C3H6O2.2CO2.ClH/c1-8(15)18-7-12(16)14-6-11-9-4-2-3-5-10(9)13(17)19-11;10-5-8-6-3-1-2-4-7(6)9(11)12-8;5-4-2-1-3-6-4;2*1-3(4)5-2;2*2-1-3;/h2-5,11,17H,6-7H2,1H3,(H,14,16);1-4,8,11H,5,10H2;1-3H2;2*1-2H3;;;1H. The van der Waals surface area contributed by atoms with E-state index in [0.29, 0.717) is 25.0 Å². The van der Waals surface area contributed by atoms with Crippen LogP contribution >= 0.6 is 12.4 Å². The van der Waals surface area contributed by atoms with Gasteiger partial charge in [0.1, 0.15) is 0 Å². The molecule has 1 saturated heterocycles. The van der Waals surface area contributed by atoms with Gasteiger partial charge >= 0.3 is 50.4 Å². The molecule has 0 bridgehead atoms. The molecule has 2 unspecified atom stereocenters. The second kappa shape index (κ2) is 32.4. The van der Waals surface area contributed by atoms with E-state index in [1.54, 1.807) is 6.07 Å². The lowest BCUT2D eigenvalue weighted by Crippen LogP contribution is -2.32. The number of esters is 4. The third-order valence-corrected chi connectivity index (χ3v) is 6.27. The van der Waals surface area contributed by atoms with E-state index in [1.807, 2.05) is 42.5 Å². The molecule has 2 aromatic rings. The van der Waals surface area contributed by atoms with Crippen LogP contribution in [0.3, 0.4) is 0 Å². The van der Waals surface area contributed by atoms with Crippen LogP contribution < -0.4 is 22.0 Å². The average molecular weight is 785 g/mol. The van der Waals surface area contributed by atoms with E-state index < -0.39 is 32.2 Å². The van der Waals surface area contributed by atoms with E-state index >= 15 is 0 Å². The number of fused-ring (bicyclic) bond motifs is 2. The number of ether oxygens (including phenoxy) is 4. The van der Waals surface area contributed by atoms with Gasteiger partial charge in [0.2, 0.25) is 0 Å². The molecule has 3 aliphatic rings. The van der Waals surface area contributed by atoms with E-state index in [1.165, 1.54) is 35.0 Å². The number of carbonyl (C=O) groups excluding carboxylic acids is 9. The third kappa shape index (κ3) is 24.1. The van der Waals surface area contributed by atoms with Gasteiger partial charge in [-0.15, -0.1) is 12.4 Å². The molecule has 1 amide bonds. The number of hydrogen-bond donors (Lipinski definition) is 4. The summed E-state index contributed by atoms with van der Waals surface area (Å²) in [5.41, 5.74) is 8.88. The summed E-state index contributed by atoms with van der Waals surface area (Å²) in [6.07, 6.45) is 1.50. The van der Waals surface area contributed by atoms with E-state index in [2.05, 4.69) is 24.3 Å². The smallest absolute Gasteiger partial charge is 0.469 e. The summed E-state index contributed by atoms with van der Waals surface area (Å²) in [7, 11) is 0.936. The lowest BCUT2D eigenvalue weighted by atomic mass is 9.79. The van der Waals surface area contributed by atoms with Gasteiger partial charge in [-0.1, -0.05) is 48.5 Å². The first-order valence-electron chi connectivity index (χ1n) is 15.4. The van der Waals surface area contributed by atoms with Gasteiger partial charge < -0.3 is 49.4 Å². The fourth-order valence-corrected chi connectivity index (χ4v) is 3.90. The van der Waals surface area contributed by atoms with Crippen LogP contribution in [0.4, 0.5) is 0 Å². The molecule has 22 heteroatoms. The molecule has 19 nitrogen and oxygen atoms in total. The van der Waals surface area contributed by atoms with E-state index in [-0.39, 0.29) is 61.9 Å². The number of halogens is 1. The van der Waals surface area contributed by atoms with Crippen molar-refractivity contribution in [1.29, 1.82) is 0 Å². The van der Waals surface area contributed by atoms with Gasteiger partial charge in [0.05, 0.1) is 33.0 Å². The second-order valence-corrected chi connectivity index (χ2v) is 9.91. The Kier molecular flexibility index (Phi) is 31.9. The van der Waals surface area contributed by atoms with Crippen LogP contribution in [0.1, 0.15) is 56.9 Å². The normalized spacial score (nSPS) is 14.6. The van der Waals surface area contributed by atoms with Crippen molar-refractivity contribution in [2.75, 3.05) is 40.5 Å². The van der Waals surface area contributed by atoms with E-state index in [0.717, 1.165) is 23.0 Å². The van der Waals surface area contributed by atoms with Crippen molar-refractivity contribution in [1.82, 2.24) is 5.32 Å². The Labute approximate surface area is 317 Å². The molecule has 2 atom stereocenters. The number of nitrogens with one attached hydrogen (secondary N) is 1. The summed E-state index contributed by atoms with van der Waals surface area (Å²) in [6.45, 7) is 4.91. The lowest BCUT2D eigenvalue weighted by molar-refractivity contribution is -0.193. The topological polar surface area (TPSA) is 288 Å². The maximum Gasteiger partial charge on any atom is 0.492 e. The van der Waals surface area contributed by atoms with E-state index in [9.17, 15) is 34.0 Å². The van der Waals surface area contributed by atoms with Crippen LogP contribution in [0.15, 0.2) is 48.5 Å². The first-order valence-corrected chi connectivity index (χ1v) is 15.4. The first kappa shape index (κ1) is 53.1. The number of methoxy groups -OCH3 is 2. The predicted molar refractivity (Wildman–Crippen MR) is 187 cm³/mol. The summed E-state index contributed by atoms with van der Waals surface area (Å²) in [5, 5.41) is 21.7. The minimum Gasteiger partial charge on any atom is -0.469 e. The first-order chi connectivity index (χ1) is 25.2. The Morgan fingerprint density at radius 3 is 1.56 bits per heavy atom. The molecule has 3 heterocycles. The summed E-state index contributed by atoms with van der Waals surface area (Å²) in [6, 6.07) is 14.9. The van der Waals surface area contributed by atoms with E-state index in [4.69, 9.17) is 34.2 Å². The summed E-state index contributed by atoms with van der Waals surface area (Å²) in [5.74, 6) is -1.45. The molecule has 5 N–H and O–H groups in total. The molecular weight excluding hydrogens is 741 g/mol. The zero-order valence-corrected chi connectivity index (χ0v) is 31.0. The largest absolute Gasteiger partial charge is 0.492 e. The van der Waals surface area contributed by atoms with Crippen molar-refractivity contribution in [3.05, 3.63) is 59.7 Å². The maximum absolute atomic E-state index is 11.4. The van der Waals surface area contributed by atoms with Crippen molar-refractivity contribution in [3.8, 4) is 0 Å². The Bertz CT molecular complexity index is 1470. The van der Waals surface area contributed by atoms with Crippen LogP contribution in [-0.2, 0) is 71.4 Å². The zero-order valence-electron chi connectivity index (χ0n) is 30.2. The fraction of sp³-hybridized carbons (Fsp3) is 0.406. The van der Waals surface area contributed by atoms with Gasteiger partial charge in [-0.25, -0.2) is 0 Å². The van der Waals surface area contributed by atoms with Crippen molar-refractivity contribution in [3.63, 3.8) is 0 Å². The highest BCUT2D eigenvalue weighted by Crippen LogP contribution is 2.22. The number of cyclic esters (lactones) is 1. The molecule has 5 rings (SSSR count). The quantitative estimate of drug-likeness (QED) is 0.152. The molecule has 1 fully saturated rings. The van der Waals surface area contributed by atoms with Crippen LogP contribution in [0.25, 0.3) is 0 Å². The highest BCUT2D eigenvalue weighted by Gasteiger charge is 2.35. The molecule has 54 heavy (non-hydrogen) atoms. The van der Waals surface area contributed by atoms with Crippen LogP contribution in [-0.4, -0.2) is 107 Å². The molecule has 0 aromatic heterocycles. The number of nitrogens with two attached hydrogens (primary N) is 1. The SMILES string of the molecule is CC(=O)OCC(=O)NCC1OB(O)c2ccccc21.COC(C)=O.COC(C)=O.Cl.NCC1OB(O)c2ccccc21.O=C1CCCO1.O=C=O.O=C=O. The minimum absolute atomic E-state index is 0. The molecule has 296 valence electrons. The highest BCUT2D eigenvalue weighted by atomic mass is 35.5. The van der Waals surface area contributed by atoms with Crippen molar-refractivity contribution < 1.29 is 81.5 Å². The molecule has 0 spiro atoms. The number of hydrogen-bond acceptors (Lipinski definition) is 18. The monoisotopic (exact) mass is 784 g/mol. The minimum atomic E-state index is -0.966. The zero-order chi connectivity index (χ0) is 40.8. The van der Waals surface area contributed by atoms with Crippen molar-refractivity contribution in [2.45, 2.75) is 45.8 Å². The number of rotatable bonds is 5.